The van der Waals surface area contributed by atoms with Gasteiger partial charge in [0.15, 0.2) is 6.73 Å². The highest BCUT2D eigenvalue weighted by molar-refractivity contribution is 9.10. The average molecular weight is 549 g/mol. The summed E-state index contributed by atoms with van der Waals surface area (Å²) in [5, 5.41) is 7.29. The Morgan fingerprint density at radius 3 is 1.86 bits per heavy atom. The van der Waals surface area contributed by atoms with Gasteiger partial charge >= 0.3 is 0 Å². The fourth-order valence-electron chi connectivity index (χ4n) is 4.19. The number of carbonyl (C=O) groups is 1. The number of rotatable bonds is 21. The van der Waals surface area contributed by atoms with Gasteiger partial charge in [0.2, 0.25) is 0 Å². The highest BCUT2D eigenvalue weighted by atomic mass is 79.9. The molecule has 0 saturated heterocycles. The first kappa shape index (κ1) is 29.4. The molecule has 0 atom stereocenters. The molecule has 0 spiro atoms. The van der Waals surface area contributed by atoms with Crippen LogP contribution in [0.25, 0.3) is 0 Å². The Kier molecular flexibility index (Phi) is 16.3. The number of benzene rings is 1. The molecule has 196 valence electrons. The van der Waals surface area contributed by atoms with E-state index in [-0.39, 0.29) is 12.6 Å². The minimum absolute atomic E-state index is 0.117. The summed E-state index contributed by atoms with van der Waals surface area (Å²) in [5.74, 6) is 0.645. The summed E-state index contributed by atoms with van der Waals surface area (Å²) in [5.41, 5.74) is 0.431. The quantitative estimate of drug-likeness (QED) is 0.159. The highest BCUT2D eigenvalue weighted by Crippen LogP contribution is 2.16. The number of hydrogen-bond donors (Lipinski definition) is 1. The van der Waals surface area contributed by atoms with Crippen LogP contribution in [0.15, 0.2) is 41.0 Å². The molecule has 1 aromatic heterocycles. The molecule has 1 N–H and O–H groups in total. The summed E-state index contributed by atoms with van der Waals surface area (Å²) in [4.78, 5) is 12.3. The van der Waals surface area contributed by atoms with Crippen molar-refractivity contribution in [3.8, 4) is 5.75 Å². The summed E-state index contributed by atoms with van der Waals surface area (Å²) in [6, 6.07) is 9.36. The zero-order chi connectivity index (χ0) is 25.0. The SMILES string of the molecule is CCCCCCCCCCCCCCCCCCNC(=O)c1ccn(COc2ccc(Br)cc2)n1. The van der Waals surface area contributed by atoms with Crippen molar-refractivity contribution in [3.63, 3.8) is 0 Å². The van der Waals surface area contributed by atoms with Crippen molar-refractivity contribution in [1.29, 1.82) is 0 Å². The minimum atomic E-state index is -0.117. The maximum atomic E-state index is 12.3. The second-order valence-corrected chi connectivity index (χ2v) is 10.4. The molecule has 2 aromatic rings. The van der Waals surface area contributed by atoms with Crippen molar-refractivity contribution in [2.75, 3.05) is 6.54 Å². The molecule has 0 aliphatic rings. The Morgan fingerprint density at radius 2 is 1.31 bits per heavy atom. The number of nitrogens with one attached hydrogen (secondary N) is 1. The molecular formula is C29H46BrN3O2. The topological polar surface area (TPSA) is 56.2 Å². The molecular weight excluding hydrogens is 502 g/mol. The van der Waals surface area contributed by atoms with Gasteiger partial charge in [0.1, 0.15) is 11.4 Å². The zero-order valence-corrected chi connectivity index (χ0v) is 23.4. The Bertz CT molecular complexity index is 791. The van der Waals surface area contributed by atoms with E-state index in [1.165, 1.54) is 96.3 Å². The van der Waals surface area contributed by atoms with Crippen molar-refractivity contribution >= 4 is 21.8 Å². The van der Waals surface area contributed by atoms with E-state index in [1.54, 1.807) is 16.9 Å². The maximum Gasteiger partial charge on any atom is 0.271 e. The average Bonchev–Trinajstić information content (AvgIpc) is 3.35. The zero-order valence-electron chi connectivity index (χ0n) is 21.8. The van der Waals surface area contributed by atoms with Gasteiger partial charge in [-0.25, -0.2) is 4.68 Å². The van der Waals surface area contributed by atoms with E-state index < -0.39 is 0 Å². The normalized spacial score (nSPS) is 11.0. The lowest BCUT2D eigenvalue weighted by molar-refractivity contribution is 0.0946. The van der Waals surface area contributed by atoms with Gasteiger partial charge in [-0.1, -0.05) is 119 Å². The number of nitrogens with zero attached hydrogens (tertiary/aromatic N) is 2. The van der Waals surface area contributed by atoms with E-state index in [4.69, 9.17) is 4.74 Å². The summed E-state index contributed by atoms with van der Waals surface area (Å²) in [6.45, 7) is 3.26. The number of carbonyl (C=O) groups excluding carboxylic acids is 1. The highest BCUT2D eigenvalue weighted by Gasteiger charge is 2.09. The lowest BCUT2D eigenvalue weighted by atomic mass is 10.0. The third kappa shape index (κ3) is 14.4. The molecule has 1 amide bonds. The van der Waals surface area contributed by atoms with Crippen LogP contribution in [0.1, 0.15) is 120 Å². The van der Waals surface area contributed by atoms with Crippen LogP contribution in [0.5, 0.6) is 5.75 Å². The fourth-order valence-corrected chi connectivity index (χ4v) is 4.46. The van der Waals surface area contributed by atoms with Crippen LogP contribution in [0.4, 0.5) is 0 Å². The first-order valence-electron chi connectivity index (χ1n) is 13.9. The minimum Gasteiger partial charge on any atom is -0.471 e. The molecule has 1 aromatic carbocycles. The molecule has 0 radical (unpaired) electrons. The molecule has 1 heterocycles. The van der Waals surface area contributed by atoms with Gasteiger partial charge in [-0.3, -0.25) is 4.79 Å². The van der Waals surface area contributed by atoms with Gasteiger partial charge in [-0.15, -0.1) is 0 Å². The summed E-state index contributed by atoms with van der Waals surface area (Å²) < 4.78 is 8.32. The lowest BCUT2D eigenvalue weighted by Crippen LogP contribution is -2.25. The van der Waals surface area contributed by atoms with Crippen LogP contribution in [-0.2, 0) is 6.73 Å². The molecule has 5 nitrogen and oxygen atoms in total. The molecule has 0 saturated carbocycles. The van der Waals surface area contributed by atoms with Crippen LogP contribution in [0.3, 0.4) is 0 Å². The number of ether oxygens (including phenoxy) is 1. The number of hydrogen-bond acceptors (Lipinski definition) is 3. The van der Waals surface area contributed by atoms with Crippen LogP contribution in [0, 0.1) is 0 Å². The van der Waals surface area contributed by atoms with Gasteiger partial charge in [-0.05, 0) is 36.8 Å². The van der Waals surface area contributed by atoms with Crippen molar-refractivity contribution in [2.24, 2.45) is 0 Å². The molecule has 2 rings (SSSR count). The summed E-state index contributed by atoms with van der Waals surface area (Å²) in [6.07, 6.45) is 23.4. The largest absolute Gasteiger partial charge is 0.471 e. The van der Waals surface area contributed by atoms with E-state index in [2.05, 4.69) is 33.3 Å². The smallest absolute Gasteiger partial charge is 0.271 e. The fraction of sp³-hybridized carbons (Fsp3) is 0.655. The van der Waals surface area contributed by atoms with Crippen molar-refractivity contribution in [2.45, 2.75) is 116 Å². The molecule has 0 aliphatic carbocycles. The van der Waals surface area contributed by atoms with Crippen LogP contribution in [-0.4, -0.2) is 22.2 Å². The first-order chi connectivity index (χ1) is 17.2. The Balaban J connectivity index is 1.38. The maximum absolute atomic E-state index is 12.3. The number of halogens is 1. The predicted molar refractivity (Wildman–Crippen MR) is 149 cm³/mol. The molecule has 0 fully saturated rings. The van der Waals surface area contributed by atoms with Crippen LogP contribution in [0.2, 0.25) is 0 Å². The second kappa shape index (κ2) is 19.4. The van der Waals surface area contributed by atoms with E-state index in [9.17, 15) is 4.79 Å². The Labute approximate surface area is 221 Å². The number of unbranched alkanes of at least 4 members (excludes halogenated alkanes) is 15. The van der Waals surface area contributed by atoms with Gasteiger partial charge in [0.25, 0.3) is 5.91 Å². The second-order valence-electron chi connectivity index (χ2n) is 9.53. The monoisotopic (exact) mass is 547 g/mol. The predicted octanol–water partition coefficient (Wildman–Crippen LogP) is 8.67. The molecule has 6 heteroatoms. The summed E-state index contributed by atoms with van der Waals surface area (Å²) >= 11 is 3.41. The molecule has 0 bridgehead atoms. The van der Waals surface area contributed by atoms with Crippen LogP contribution < -0.4 is 10.1 Å². The standard InChI is InChI=1S/C29H46BrN3O2/c1-2-3-4-5-6-7-8-9-10-11-12-13-14-15-16-17-23-31-29(34)28-22-24-33(32-28)25-35-27-20-18-26(30)19-21-27/h18-22,24H,2-17,23,25H2,1H3,(H,31,34). The molecule has 0 unspecified atom stereocenters. The third-order valence-corrected chi connectivity index (χ3v) is 6.89. The van der Waals surface area contributed by atoms with Crippen molar-refractivity contribution < 1.29 is 9.53 Å². The lowest BCUT2D eigenvalue weighted by Gasteiger charge is -2.06. The van der Waals surface area contributed by atoms with Crippen molar-refractivity contribution in [3.05, 3.63) is 46.7 Å². The first-order valence-corrected chi connectivity index (χ1v) is 14.7. The number of aromatic nitrogens is 2. The Hall–Kier alpha value is -1.82. The summed E-state index contributed by atoms with van der Waals surface area (Å²) in [7, 11) is 0. The number of amides is 1. The molecule has 35 heavy (non-hydrogen) atoms. The van der Waals surface area contributed by atoms with E-state index in [1.807, 2.05) is 24.3 Å². The van der Waals surface area contributed by atoms with E-state index >= 15 is 0 Å². The van der Waals surface area contributed by atoms with E-state index in [0.717, 1.165) is 16.6 Å². The van der Waals surface area contributed by atoms with E-state index in [0.29, 0.717) is 12.2 Å². The third-order valence-electron chi connectivity index (χ3n) is 6.37. The van der Waals surface area contributed by atoms with Crippen molar-refractivity contribution in [1.82, 2.24) is 15.1 Å². The van der Waals surface area contributed by atoms with Gasteiger partial charge in [0.05, 0.1) is 0 Å². The van der Waals surface area contributed by atoms with Gasteiger partial charge < -0.3 is 10.1 Å². The molecule has 0 aliphatic heterocycles. The van der Waals surface area contributed by atoms with Crippen LogP contribution >= 0.6 is 15.9 Å². The Morgan fingerprint density at radius 1 is 0.800 bits per heavy atom. The van der Waals surface area contributed by atoms with Gasteiger partial charge in [-0.2, -0.15) is 5.10 Å². The van der Waals surface area contributed by atoms with Gasteiger partial charge in [0, 0.05) is 17.2 Å².